The molecule has 4 aromatic rings. The lowest BCUT2D eigenvalue weighted by molar-refractivity contribution is 0.0697. The third kappa shape index (κ3) is 3.83. The number of aromatic carboxylic acids is 1. The number of rotatable bonds is 7. The Hall–Kier alpha value is -4.04. The van der Waals surface area contributed by atoms with Crippen LogP contribution in [0.15, 0.2) is 36.7 Å². The summed E-state index contributed by atoms with van der Waals surface area (Å²) in [6.07, 6.45) is 1.27. The van der Waals surface area contributed by atoms with E-state index in [0.29, 0.717) is 34.1 Å². The Kier molecular flexibility index (Phi) is 5.70. The predicted molar refractivity (Wildman–Crippen MR) is 114 cm³/mol. The van der Waals surface area contributed by atoms with Crippen molar-refractivity contribution in [1.29, 1.82) is 5.26 Å². The van der Waals surface area contributed by atoms with E-state index in [0.717, 1.165) is 17.4 Å². The number of carboxylic acid groups (broad SMARTS) is 1. The largest absolute Gasteiger partial charge is 0.496 e. The number of thiophene rings is 1. The number of ether oxygens (including phenoxy) is 1. The molecule has 2 N–H and O–H groups in total. The van der Waals surface area contributed by atoms with Crippen molar-refractivity contribution < 1.29 is 23.4 Å². The highest BCUT2D eigenvalue weighted by atomic mass is 32.1. The number of halogens is 2. The summed E-state index contributed by atoms with van der Waals surface area (Å²) in [5, 5.41) is 22.1. The molecule has 0 saturated heterocycles. The van der Waals surface area contributed by atoms with Crippen molar-refractivity contribution in [3.8, 4) is 22.4 Å². The molecule has 0 amide bonds. The standard InChI is InChI=1S/C21H15F2N5O3S/c1-31-16-3-2-13(22)19-12(16)6-11(9-24)28(19)5-4-25-18-8-15(26-10-27-18)17-7-14(23)20(32-17)21(29)30/h2-3,6-8,10H,4-5H2,1H3,(H,29,30)(H,25,26,27). The molecule has 0 spiro atoms. The molecule has 32 heavy (non-hydrogen) atoms. The highest BCUT2D eigenvalue weighted by molar-refractivity contribution is 7.17. The van der Waals surface area contributed by atoms with Crippen molar-refractivity contribution in [1.82, 2.24) is 14.5 Å². The molecule has 0 bridgehead atoms. The molecule has 0 aliphatic heterocycles. The zero-order valence-electron chi connectivity index (χ0n) is 16.6. The Bertz CT molecular complexity index is 1380. The second-order valence-electron chi connectivity index (χ2n) is 6.61. The molecule has 0 fully saturated rings. The highest BCUT2D eigenvalue weighted by Crippen LogP contribution is 2.32. The molecule has 0 radical (unpaired) electrons. The lowest BCUT2D eigenvalue weighted by Crippen LogP contribution is -2.13. The van der Waals surface area contributed by atoms with Crippen molar-refractivity contribution in [3.05, 3.63) is 58.9 Å². The number of benzene rings is 1. The number of carboxylic acids is 1. The molecule has 8 nitrogen and oxygen atoms in total. The number of nitrogens with one attached hydrogen (secondary N) is 1. The zero-order valence-corrected chi connectivity index (χ0v) is 17.4. The second kappa shape index (κ2) is 8.60. The predicted octanol–water partition coefficient (Wildman–Crippen LogP) is 4.13. The van der Waals surface area contributed by atoms with Crippen LogP contribution in [0.1, 0.15) is 15.4 Å². The van der Waals surface area contributed by atoms with Crippen molar-refractivity contribution in [3.63, 3.8) is 0 Å². The Balaban J connectivity index is 1.55. The lowest BCUT2D eigenvalue weighted by atomic mass is 10.2. The number of nitrogens with zero attached hydrogens (tertiary/aromatic N) is 4. The van der Waals surface area contributed by atoms with E-state index in [-0.39, 0.29) is 17.8 Å². The van der Waals surface area contributed by atoms with Crippen molar-refractivity contribution >= 4 is 34.0 Å². The van der Waals surface area contributed by atoms with Crippen LogP contribution in [-0.2, 0) is 6.54 Å². The minimum atomic E-state index is -1.35. The van der Waals surface area contributed by atoms with Crippen LogP contribution < -0.4 is 10.1 Å². The fraction of sp³-hybridized carbons (Fsp3) is 0.143. The number of nitriles is 1. The van der Waals surface area contributed by atoms with Crippen LogP contribution in [0.5, 0.6) is 5.75 Å². The van der Waals surface area contributed by atoms with Gasteiger partial charge in [-0.3, -0.25) is 0 Å². The number of carbonyl (C=O) groups is 1. The average Bonchev–Trinajstić information content (AvgIpc) is 3.36. The van der Waals surface area contributed by atoms with Crippen LogP contribution in [0.4, 0.5) is 14.6 Å². The molecule has 4 rings (SSSR count). The Morgan fingerprint density at radius 2 is 2.09 bits per heavy atom. The van der Waals surface area contributed by atoms with Crippen LogP contribution in [-0.4, -0.2) is 39.3 Å². The maximum atomic E-state index is 14.5. The topological polar surface area (TPSA) is 113 Å². The summed E-state index contributed by atoms with van der Waals surface area (Å²) in [6.45, 7) is 0.553. The SMILES string of the molecule is COc1ccc(F)c2c1cc(C#N)n2CCNc1cc(-c2cc(F)c(C(=O)O)s2)ncn1. The molecule has 0 atom stereocenters. The Labute approximate surface area is 184 Å². The summed E-state index contributed by atoms with van der Waals surface area (Å²) in [6, 6.07) is 9.10. The summed E-state index contributed by atoms with van der Waals surface area (Å²) >= 11 is 0.776. The first-order chi connectivity index (χ1) is 15.4. The van der Waals surface area contributed by atoms with Gasteiger partial charge in [-0.25, -0.2) is 23.5 Å². The molecule has 3 heterocycles. The number of methoxy groups -OCH3 is 1. The van der Waals surface area contributed by atoms with Crippen molar-refractivity contribution in [2.24, 2.45) is 0 Å². The average molecular weight is 455 g/mol. The summed E-state index contributed by atoms with van der Waals surface area (Å²) in [4.78, 5) is 19.2. The normalized spacial score (nSPS) is 10.8. The maximum Gasteiger partial charge on any atom is 0.348 e. The summed E-state index contributed by atoms with van der Waals surface area (Å²) < 4.78 is 35.1. The molecular formula is C21H15F2N5O3S. The molecule has 3 aromatic heterocycles. The van der Waals surface area contributed by atoms with E-state index in [1.807, 2.05) is 0 Å². The fourth-order valence-electron chi connectivity index (χ4n) is 3.34. The van der Waals surface area contributed by atoms with Gasteiger partial charge in [0.1, 0.15) is 46.2 Å². The molecule has 0 saturated carbocycles. The minimum absolute atomic E-state index is 0.257. The van der Waals surface area contributed by atoms with E-state index in [1.54, 1.807) is 16.7 Å². The molecule has 0 unspecified atom stereocenters. The van der Waals surface area contributed by atoms with Gasteiger partial charge in [-0.1, -0.05) is 0 Å². The van der Waals surface area contributed by atoms with Crippen LogP contribution >= 0.6 is 11.3 Å². The van der Waals surface area contributed by atoms with Gasteiger partial charge in [0.25, 0.3) is 0 Å². The molecular weight excluding hydrogens is 440 g/mol. The lowest BCUT2D eigenvalue weighted by Gasteiger charge is -2.10. The maximum absolute atomic E-state index is 14.5. The van der Waals surface area contributed by atoms with Gasteiger partial charge in [-0.15, -0.1) is 11.3 Å². The van der Waals surface area contributed by atoms with Gasteiger partial charge in [0.05, 0.1) is 23.2 Å². The number of hydrogen-bond acceptors (Lipinski definition) is 7. The smallest absolute Gasteiger partial charge is 0.348 e. The number of fused-ring (bicyclic) bond motifs is 1. The van der Waals surface area contributed by atoms with Gasteiger partial charge in [-0.05, 0) is 24.3 Å². The Morgan fingerprint density at radius 1 is 1.28 bits per heavy atom. The van der Waals surface area contributed by atoms with E-state index in [2.05, 4.69) is 21.4 Å². The van der Waals surface area contributed by atoms with Gasteiger partial charge in [0.2, 0.25) is 0 Å². The van der Waals surface area contributed by atoms with Gasteiger partial charge in [0, 0.05) is 24.5 Å². The van der Waals surface area contributed by atoms with E-state index in [4.69, 9.17) is 9.84 Å². The van der Waals surface area contributed by atoms with E-state index in [1.165, 1.54) is 25.6 Å². The van der Waals surface area contributed by atoms with Crippen molar-refractivity contribution in [2.45, 2.75) is 6.54 Å². The summed E-state index contributed by atoms with van der Waals surface area (Å²) in [5.74, 6) is -1.77. The van der Waals surface area contributed by atoms with Gasteiger partial charge in [-0.2, -0.15) is 5.26 Å². The van der Waals surface area contributed by atoms with Crippen molar-refractivity contribution in [2.75, 3.05) is 19.0 Å². The minimum Gasteiger partial charge on any atom is -0.496 e. The van der Waals surface area contributed by atoms with E-state index < -0.39 is 22.5 Å². The molecule has 11 heteroatoms. The third-order valence-corrected chi connectivity index (χ3v) is 5.87. The van der Waals surface area contributed by atoms with Crippen LogP contribution in [0.3, 0.4) is 0 Å². The second-order valence-corrected chi connectivity index (χ2v) is 7.67. The Morgan fingerprint density at radius 3 is 2.78 bits per heavy atom. The first-order valence-electron chi connectivity index (χ1n) is 9.27. The molecule has 1 aromatic carbocycles. The molecule has 0 aliphatic rings. The van der Waals surface area contributed by atoms with Crippen LogP contribution in [0.25, 0.3) is 21.5 Å². The number of anilines is 1. The number of aromatic nitrogens is 3. The van der Waals surface area contributed by atoms with Gasteiger partial charge >= 0.3 is 5.97 Å². The van der Waals surface area contributed by atoms with Crippen LogP contribution in [0, 0.1) is 23.0 Å². The summed E-state index contributed by atoms with van der Waals surface area (Å²) in [7, 11) is 1.48. The third-order valence-electron chi connectivity index (χ3n) is 4.75. The highest BCUT2D eigenvalue weighted by Gasteiger charge is 2.18. The quantitative estimate of drug-likeness (QED) is 0.431. The van der Waals surface area contributed by atoms with E-state index in [9.17, 15) is 18.8 Å². The first kappa shape index (κ1) is 21.2. The zero-order chi connectivity index (χ0) is 22.8. The molecule has 0 aliphatic carbocycles. The van der Waals surface area contributed by atoms with Crippen LogP contribution in [0.2, 0.25) is 0 Å². The van der Waals surface area contributed by atoms with E-state index >= 15 is 0 Å². The monoisotopic (exact) mass is 455 g/mol. The van der Waals surface area contributed by atoms with Gasteiger partial charge in [0.15, 0.2) is 0 Å². The first-order valence-corrected chi connectivity index (χ1v) is 10.1. The van der Waals surface area contributed by atoms with Gasteiger partial charge < -0.3 is 19.7 Å². The molecule has 162 valence electrons. The number of hydrogen-bond donors (Lipinski definition) is 2. The summed E-state index contributed by atoms with van der Waals surface area (Å²) in [5.41, 5.74) is 0.906. The fourth-order valence-corrected chi connectivity index (χ4v) is 4.18.